The molecule has 2 aromatic rings. The largest absolute Gasteiger partial charge is 0.467 e. The molecule has 0 radical (unpaired) electrons. The number of hydrogen-bond donors (Lipinski definition) is 2. The first-order chi connectivity index (χ1) is 21.0. The number of nitrogens with zero attached hydrogens (tertiary/aromatic N) is 4. The molecule has 236 valence electrons. The SMILES string of the molecule is COC(=O)[C@@H]1CC(OC(=O)N2CCc3ccccc3C2)CN1C(=O)[C@@H](NC(=O)[C@@H](NC(=O)c1cnccn1)C(C)C)C(C)C. The maximum Gasteiger partial charge on any atom is 0.410 e. The van der Waals surface area contributed by atoms with Gasteiger partial charge in [0, 0.05) is 31.9 Å². The first kappa shape index (κ1) is 32.4. The second-order valence-corrected chi connectivity index (χ2v) is 11.7. The first-order valence-electron chi connectivity index (χ1n) is 14.8. The average Bonchev–Trinajstić information content (AvgIpc) is 3.45. The van der Waals surface area contributed by atoms with Gasteiger partial charge in [0.25, 0.3) is 5.91 Å². The molecule has 0 bridgehead atoms. The summed E-state index contributed by atoms with van der Waals surface area (Å²) >= 11 is 0. The van der Waals surface area contributed by atoms with Gasteiger partial charge in [-0.05, 0) is 29.4 Å². The standard InChI is InChI=1S/C31H40N6O7/c1-18(2)25(34-27(38)23-15-32-11-12-33-23)28(39)35-26(19(3)4)29(40)37-17-22(14-24(37)30(41)43-5)44-31(42)36-13-10-20-8-6-7-9-21(20)16-36/h6-9,11-12,15,18-19,22,24-26H,10,13-14,16-17H2,1-5H3,(H,34,38)(H,35,39)/t22?,24-,25-,26-/m0/s1. The van der Waals surface area contributed by atoms with Crippen LogP contribution in [0, 0.1) is 11.8 Å². The van der Waals surface area contributed by atoms with Crippen molar-refractivity contribution in [3.63, 3.8) is 0 Å². The summed E-state index contributed by atoms with van der Waals surface area (Å²) in [6, 6.07) is 4.91. The Morgan fingerprint density at radius 3 is 2.30 bits per heavy atom. The van der Waals surface area contributed by atoms with Crippen molar-refractivity contribution >= 4 is 29.8 Å². The summed E-state index contributed by atoms with van der Waals surface area (Å²) in [4.78, 5) is 76.7. The second-order valence-electron chi connectivity index (χ2n) is 11.7. The molecule has 0 spiro atoms. The summed E-state index contributed by atoms with van der Waals surface area (Å²) in [5, 5.41) is 5.45. The number of methoxy groups -OCH3 is 1. The van der Waals surface area contributed by atoms with E-state index in [9.17, 15) is 24.0 Å². The van der Waals surface area contributed by atoms with E-state index in [4.69, 9.17) is 9.47 Å². The van der Waals surface area contributed by atoms with E-state index in [1.54, 1.807) is 32.6 Å². The van der Waals surface area contributed by atoms with Crippen molar-refractivity contribution in [3.8, 4) is 0 Å². The number of amides is 4. The van der Waals surface area contributed by atoms with Crippen molar-refractivity contribution < 1.29 is 33.4 Å². The third-order valence-corrected chi connectivity index (χ3v) is 7.94. The average molecular weight is 609 g/mol. The van der Waals surface area contributed by atoms with Crippen LogP contribution in [-0.2, 0) is 36.8 Å². The lowest BCUT2D eigenvalue weighted by atomic mass is 9.99. The Hall–Kier alpha value is -4.55. The summed E-state index contributed by atoms with van der Waals surface area (Å²) in [7, 11) is 1.23. The molecule has 4 rings (SSSR count). The molecular formula is C31H40N6O7. The molecule has 2 N–H and O–H groups in total. The number of fused-ring (bicyclic) bond motifs is 1. The normalized spacial score (nSPS) is 19.2. The van der Waals surface area contributed by atoms with Gasteiger partial charge in [-0.2, -0.15) is 0 Å². The van der Waals surface area contributed by atoms with Crippen LogP contribution in [0.1, 0.15) is 55.7 Å². The molecule has 1 fully saturated rings. The quantitative estimate of drug-likeness (QED) is 0.404. The van der Waals surface area contributed by atoms with Gasteiger partial charge in [-0.1, -0.05) is 52.0 Å². The van der Waals surface area contributed by atoms with E-state index in [1.165, 1.54) is 36.2 Å². The Balaban J connectivity index is 1.45. The molecule has 1 saturated heterocycles. The van der Waals surface area contributed by atoms with Crippen LogP contribution in [0.3, 0.4) is 0 Å². The Morgan fingerprint density at radius 2 is 1.66 bits per heavy atom. The number of ether oxygens (including phenoxy) is 2. The van der Waals surface area contributed by atoms with E-state index in [1.807, 2.05) is 24.3 Å². The highest BCUT2D eigenvalue weighted by Crippen LogP contribution is 2.26. The van der Waals surface area contributed by atoms with Crippen molar-refractivity contribution in [1.29, 1.82) is 0 Å². The zero-order valence-corrected chi connectivity index (χ0v) is 25.7. The molecule has 44 heavy (non-hydrogen) atoms. The molecule has 13 nitrogen and oxygen atoms in total. The monoisotopic (exact) mass is 608 g/mol. The molecule has 1 aromatic heterocycles. The van der Waals surface area contributed by atoms with Gasteiger partial charge in [-0.15, -0.1) is 0 Å². The molecule has 1 unspecified atom stereocenters. The number of aromatic nitrogens is 2. The van der Waals surface area contributed by atoms with Gasteiger partial charge in [0.1, 0.15) is 29.9 Å². The van der Waals surface area contributed by atoms with E-state index in [2.05, 4.69) is 20.6 Å². The predicted molar refractivity (Wildman–Crippen MR) is 158 cm³/mol. The zero-order chi connectivity index (χ0) is 32.0. The molecule has 0 saturated carbocycles. The van der Waals surface area contributed by atoms with Crippen molar-refractivity contribution in [2.75, 3.05) is 20.2 Å². The number of esters is 1. The molecule has 1 aromatic carbocycles. The smallest absolute Gasteiger partial charge is 0.410 e. The number of hydrogen-bond acceptors (Lipinski definition) is 9. The highest BCUT2D eigenvalue weighted by atomic mass is 16.6. The lowest BCUT2D eigenvalue weighted by molar-refractivity contribution is -0.152. The Bertz CT molecular complexity index is 1370. The van der Waals surface area contributed by atoms with Gasteiger partial charge in [-0.3, -0.25) is 19.4 Å². The van der Waals surface area contributed by atoms with Crippen molar-refractivity contribution in [3.05, 3.63) is 59.7 Å². The second kappa shape index (κ2) is 14.3. The van der Waals surface area contributed by atoms with Crippen LogP contribution in [0.15, 0.2) is 42.9 Å². The summed E-state index contributed by atoms with van der Waals surface area (Å²) in [5.41, 5.74) is 2.29. The van der Waals surface area contributed by atoms with Gasteiger partial charge in [0.05, 0.1) is 19.9 Å². The highest BCUT2D eigenvalue weighted by molar-refractivity contribution is 5.97. The summed E-state index contributed by atoms with van der Waals surface area (Å²) in [5.74, 6) is -2.99. The van der Waals surface area contributed by atoms with E-state index >= 15 is 0 Å². The van der Waals surface area contributed by atoms with Crippen molar-refractivity contribution in [1.82, 2.24) is 30.4 Å². The number of likely N-dealkylation sites (tertiary alicyclic amines) is 1. The third-order valence-electron chi connectivity index (χ3n) is 7.94. The minimum Gasteiger partial charge on any atom is -0.467 e. The van der Waals surface area contributed by atoms with E-state index < -0.39 is 54.0 Å². The van der Waals surface area contributed by atoms with Crippen LogP contribution in [-0.4, -0.2) is 94.0 Å². The van der Waals surface area contributed by atoms with Crippen LogP contribution >= 0.6 is 0 Å². The van der Waals surface area contributed by atoms with Gasteiger partial charge < -0.3 is 29.9 Å². The highest BCUT2D eigenvalue weighted by Gasteiger charge is 2.45. The number of rotatable bonds is 9. The Morgan fingerprint density at radius 1 is 0.955 bits per heavy atom. The lowest BCUT2D eigenvalue weighted by Crippen LogP contribution is -2.58. The summed E-state index contributed by atoms with van der Waals surface area (Å²) in [6.07, 6.45) is 3.60. The molecule has 2 aliphatic rings. The minimum atomic E-state index is -1.03. The fraction of sp³-hybridized carbons (Fsp3) is 0.516. The number of nitrogens with one attached hydrogen (secondary N) is 2. The molecule has 3 heterocycles. The van der Waals surface area contributed by atoms with Crippen molar-refractivity contribution in [2.45, 2.75) is 71.3 Å². The summed E-state index contributed by atoms with van der Waals surface area (Å²) < 4.78 is 10.8. The van der Waals surface area contributed by atoms with Crippen LogP contribution in [0.4, 0.5) is 4.79 Å². The van der Waals surface area contributed by atoms with E-state index in [-0.39, 0.29) is 30.5 Å². The fourth-order valence-electron chi connectivity index (χ4n) is 5.46. The van der Waals surface area contributed by atoms with Crippen LogP contribution in [0.2, 0.25) is 0 Å². The van der Waals surface area contributed by atoms with E-state index in [0.717, 1.165) is 5.56 Å². The van der Waals surface area contributed by atoms with Gasteiger partial charge in [0.15, 0.2) is 0 Å². The summed E-state index contributed by atoms with van der Waals surface area (Å²) in [6.45, 7) is 7.93. The molecule has 4 atom stereocenters. The predicted octanol–water partition coefficient (Wildman–Crippen LogP) is 1.71. The van der Waals surface area contributed by atoms with Crippen LogP contribution in [0.5, 0.6) is 0 Å². The van der Waals surface area contributed by atoms with Crippen LogP contribution < -0.4 is 10.6 Å². The third kappa shape index (κ3) is 7.50. The molecule has 4 amide bonds. The number of carbonyl (C=O) groups is 5. The molecule has 13 heteroatoms. The minimum absolute atomic E-state index is 0.0368. The maximum atomic E-state index is 13.9. The molecular weight excluding hydrogens is 568 g/mol. The molecule has 0 aliphatic carbocycles. The van der Waals surface area contributed by atoms with Gasteiger partial charge in [-0.25, -0.2) is 14.6 Å². The van der Waals surface area contributed by atoms with E-state index in [0.29, 0.717) is 19.5 Å². The fourth-order valence-corrected chi connectivity index (χ4v) is 5.46. The number of carbonyl (C=O) groups excluding carboxylic acids is 5. The maximum absolute atomic E-state index is 13.9. The topological polar surface area (TPSA) is 160 Å². The first-order valence-corrected chi connectivity index (χ1v) is 14.8. The zero-order valence-electron chi connectivity index (χ0n) is 25.7. The van der Waals surface area contributed by atoms with Crippen LogP contribution in [0.25, 0.3) is 0 Å². The number of benzene rings is 1. The Labute approximate surface area is 256 Å². The van der Waals surface area contributed by atoms with Gasteiger partial charge >= 0.3 is 12.1 Å². The van der Waals surface area contributed by atoms with Crippen molar-refractivity contribution in [2.24, 2.45) is 11.8 Å². The lowest BCUT2D eigenvalue weighted by Gasteiger charge is -2.31. The molecule has 2 aliphatic heterocycles. The van der Waals surface area contributed by atoms with Gasteiger partial charge in [0.2, 0.25) is 11.8 Å². The Kier molecular flexibility index (Phi) is 10.5.